The molecule has 11 heteroatoms. The van der Waals surface area contributed by atoms with Crippen LogP contribution in [-0.4, -0.2) is 61.7 Å². The molecule has 3 heterocycles. The lowest BCUT2D eigenvalue weighted by Crippen LogP contribution is -2.53. The van der Waals surface area contributed by atoms with Crippen molar-refractivity contribution < 1.29 is 36.9 Å². The van der Waals surface area contributed by atoms with Crippen LogP contribution < -0.4 is 9.47 Å². The van der Waals surface area contributed by atoms with Gasteiger partial charge < -0.3 is 23.8 Å². The van der Waals surface area contributed by atoms with Crippen LogP contribution in [0.4, 0.5) is 13.2 Å². The van der Waals surface area contributed by atoms with Crippen LogP contribution in [-0.2, 0) is 15.1 Å². The number of pyridine rings is 1. The van der Waals surface area contributed by atoms with E-state index >= 15 is 0 Å². The van der Waals surface area contributed by atoms with Crippen LogP contribution in [0.3, 0.4) is 0 Å². The summed E-state index contributed by atoms with van der Waals surface area (Å²) in [6.07, 6.45) is -4.16. The number of aromatic nitrogens is 1. The van der Waals surface area contributed by atoms with Crippen molar-refractivity contribution in [1.82, 2.24) is 9.88 Å². The molecular weight excluding hydrogens is 489 g/mol. The number of halogens is 4. The SMILES string of the molecule is COc1nc(C(=O)N2CCC3(c4cccc(Cl)c4)OCOC3C2)ccc1OCC1(C(F)(F)F)CC1. The molecule has 1 aliphatic carbocycles. The number of piperidine rings is 1. The number of fused-ring (bicyclic) bond motifs is 1. The van der Waals surface area contributed by atoms with Gasteiger partial charge in [0.2, 0.25) is 0 Å². The Bertz CT molecular complexity index is 1130. The fraction of sp³-hybridized carbons (Fsp3) is 0.500. The number of benzene rings is 1. The highest BCUT2D eigenvalue weighted by Gasteiger charge is 2.64. The normalized spacial score (nSPS) is 25.2. The highest BCUT2D eigenvalue weighted by Crippen LogP contribution is 2.57. The maximum atomic E-state index is 13.2. The van der Waals surface area contributed by atoms with E-state index in [1.807, 2.05) is 18.2 Å². The Morgan fingerprint density at radius 2 is 2.06 bits per heavy atom. The van der Waals surface area contributed by atoms with Gasteiger partial charge in [-0.2, -0.15) is 13.2 Å². The lowest BCUT2D eigenvalue weighted by Gasteiger charge is -2.41. The van der Waals surface area contributed by atoms with Gasteiger partial charge in [-0.1, -0.05) is 23.7 Å². The van der Waals surface area contributed by atoms with Crippen molar-refractivity contribution in [2.75, 3.05) is 33.6 Å². The number of carbonyl (C=O) groups is 1. The van der Waals surface area contributed by atoms with Gasteiger partial charge in [0.25, 0.3) is 11.8 Å². The van der Waals surface area contributed by atoms with Crippen LogP contribution in [0.1, 0.15) is 35.3 Å². The number of carbonyl (C=O) groups excluding carboxylic acids is 1. The lowest BCUT2D eigenvalue weighted by atomic mass is 9.82. The van der Waals surface area contributed by atoms with Crippen molar-refractivity contribution in [2.24, 2.45) is 5.41 Å². The molecule has 3 fully saturated rings. The molecule has 0 radical (unpaired) electrons. The fourth-order valence-electron chi connectivity index (χ4n) is 4.67. The molecule has 188 valence electrons. The van der Waals surface area contributed by atoms with Gasteiger partial charge in [-0.05, 0) is 42.7 Å². The zero-order valence-corrected chi connectivity index (χ0v) is 19.7. The lowest BCUT2D eigenvalue weighted by molar-refractivity contribution is -0.194. The first-order valence-electron chi connectivity index (χ1n) is 11.2. The number of hydrogen-bond acceptors (Lipinski definition) is 6. The number of amides is 1. The molecule has 2 atom stereocenters. The van der Waals surface area contributed by atoms with E-state index in [0.29, 0.717) is 18.0 Å². The zero-order valence-electron chi connectivity index (χ0n) is 18.9. The predicted molar refractivity (Wildman–Crippen MR) is 118 cm³/mol. The summed E-state index contributed by atoms with van der Waals surface area (Å²) in [6, 6.07) is 10.3. The van der Waals surface area contributed by atoms with E-state index in [0.717, 1.165) is 5.56 Å². The number of rotatable bonds is 6. The summed E-state index contributed by atoms with van der Waals surface area (Å²) in [4.78, 5) is 19.1. The molecule has 3 aliphatic rings. The third-order valence-corrected chi connectivity index (χ3v) is 7.28. The second-order valence-corrected chi connectivity index (χ2v) is 9.53. The summed E-state index contributed by atoms with van der Waals surface area (Å²) in [7, 11) is 1.32. The summed E-state index contributed by atoms with van der Waals surface area (Å²) in [5.41, 5.74) is -1.52. The van der Waals surface area contributed by atoms with E-state index in [1.54, 1.807) is 11.0 Å². The summed E-state index contributed by atoms with van der Waals surface area (Å²) < 4.78 is 62.0. The predicted octanol–water partition coefficient (Wildman–Crippen LogP) is 4.58. The molecule has 2 saturated heterocycles. The summed E-state index contributed by atoms with van der Waals surface area (Å²) in [6.45, 7) is 0.262. The molecule has 2 unspecified atom stereocenters. The summed E-state index contributed by atoms with van der Waals surface area (Å²) >= 11 is 6.18. The van der Waals surface area contributed by atoms with Gasteiger partial charge in [0, 0.05) is 18.0 Å². The van der Waals surface area contributed by atoms with Crippen molar-refractivity contribution in [1.29, 1.82) is 0 Å². The van der Waals surface area contributed by atoms with Gasteiger partial charge in [0.15, 0.2) is 5.75 Å². The van der Waals surface area contributed by atoms with Crippen molar-refractivity contribution in [3.63, 3.8) is 0 Å². The largest absolute Gasteiger partial charge is 0.487 e. The van der Waals surface area contributed by atoms with Crippen LogP contribution in [0, 0.1) is 5.41 Å². The standard InChI is InChI=1S/C24H24ClF3N2O5/c1-32-20-18(33-13-22(7-8-22)24(26,27)28)6-5-17(29-20)21(31)30-10-9-23(19(12-30)34-14-35-23)15-3-2-4-16(25)11-15/h2-6,11,19H,7-10,12-14H2,1H3. The minimum absolute atomic E-state index is 0.0292. The summed E-state index contributed by atoms with van der Waals surface area (Å²) in [5.74, 6) is -0.329. The van der Waals surface area contributed by atoms with Crippen molar-refractivity contribution in [2.45, 2.75) is 37.1 Å². The first-order valence-corrected chi connectivity index (χ1v) is 11.6. The average Bonchev–Trinajstić information content (AvgIpc) is 3.53. The van der Waals surface area contributed by atoms with E-state index in [9.17, 15) is 18.0 Å². The topological polar surface area (TPSA) is 70.1 Å². The minimum atomic E-state index is -4.33. The van der Waals surface area contributed by atoms with E-state index in [4.69, 9.17) is 30.5 Å². The Labute approximate surface area is 205 Å². The van der Waals surface area contributed by atoms with E-state index < -0.39 is 23.8 Å². The first kappa shape index (κ1) is 24.1. The van der Waals surface area contributed by atoms with Gasteiger partial charge in [-0.3, -0.25) is 4.79 Å². The molecule has 1 amide bonds. The van der Waals surface area contributed by atoms with Gasteiger partial charge in [0.1, 0.15) is 36.2 Å². The Morgan fingerprint density at radius 3 is 2.74 bits per heavy atom. The monoisotopic (exact) mass is 512 g/mol. The fourth-order valence-corrected chi connectivity index (χ4v) is 4.86. The Balaban J connectivity index is 1.29. The maximum Gasteiger partial charge on any atom is 0.397 e. The highest BCUT2D eigenvalue weighted by molar-refractivity contribution is 6.30. The highest BCUT2D eigenvalue weighted by atomic mass is 35.5. The second-order valence-electron chi connectivity index (χ2n) is 9.09. The van der Waals surface area contributed by atoms with Crippen molar-refractivity contribution >= 4 is 17.5 Å². The number of methoxy groups -OCH3 is 1. The quantitative estimate of drug-likeness (QED) is 0.564. The van der Waals surface area contributed by atoms with Gasteiger partial charge in [0.05, 0.1) is 13.7 Å². The molecule has 0 spiro atoms. The average molecular weight is 513 g/mol. The molecule has 2 aromatic rings. The van der Waals surface area contributed by atoms with E-state index in [1.165, 1.54) is 19.2 Å². The minimum Gasteiger partial charge on any atom is -0.487 e. The number of nitrogens with zero attached hydrogens (tertiary/aromatic N) is 2. The van der Waals surface area contributed by atoms with Gasteiger partial charge in [-0.25, -0.2) is 4.98 Å². The molecule has 0 bridgehead atoms. The van der Waals surface area contributed by atoms with Crippen LogP contribution >= 0.6 is 11.6 Å². The number of alkyl halides is 3. The molecule has 5 rings (SSSR count). The van der Waals surface area contributed by atoms with Crippen molar-refractivity contribution in [3.8, 4) is 11.6 Å². The third-order valence-electron chi connectivity index (χ3n) is 7.04. The summed E-state index contributed by atoms with van der Waals surface area (Å²) in [5, 5.41) is 0.589. The second kappa shape index (κ2) is 8.83. The Morgan fingerprint density at radius 1 is 1.26 bits per heavy atom. The number of hydrogen-bond donors (Lipinski definition) is 0. The van der Waals surface area contributed by atoms with E-state index in [-0.39, 0.29) is 55.5 Å². The third kappa shape index (κ3) is 4.32. The van der Waals surface area contributed by atoms with Gasteiger partial charge >= 0.3 is 6.18 Å². The molecule has 35 heavy (non-hydrogen) atoms. The van der Waals surface area contributed by atoms with Crippen LogP contribution in [0.2, 0.25) is 5.02 Å². The first-order chi connectivity index (χ1) is 16.7. The zero-order chi connectivity index (χ0) is 24.8. The molecule has 7 nitrogen and oxygen atoms in total. The maximum absolute atomic E-state index is 13.2. The number of likely N-dealkylation sites (tertiary alicyclic amines) is 1. The van der Waals surface area contributed by atoms with Gasteiger partial charge in [-0.15, -0.1) is 0 Å². The van der Waals surface area contributed by atoms with E-state index in [2.05, 4.69) is 4.98 Å². The molecule has 0 N–H and O–H groups in total. The molecule has 1 aromatic carbocycles. The molecule has 1 saturated carbocycles. The van der Waals surface area contributed by atoms with Crippen LogP contribution in [0.5, 0.6) is 11.6 Å². The Kier molecular flexibility index (Phi) is 6.09. The Hall–Kier alpha value is -2.56. The number of ether oxygens (including phenoxy) is 4. The molecule has 1 aromatic heterocycles. The van der Waals surface area contributed by atoms with Crippen molar-refractivity contribution in [3.05, 3.63) is 52.7 Å². The smallest absolute Gasteiger partial charge is 0.397 e. The molecule has 2 aliphatic heterocycles. The van der Waals surface area contributed by atoms with Crippen LogP contribution in [0.25, 0.3) is 0 Å². The van der Waals surface area contributed by atoms with Crippen LogP contribution in [0.15, 0.2) is 36.4 Å². The molecular formula is C24H24ClF3N2O5.